The predicted octanol–water partition coefficient (Wildman–Crippen LogP) is 0.451. The van der Waals surface area contributed by atoms with Crippen molar-refractivity contribution in [1.29, 1.82) is 0 Å². The lowest BCUT2D eigenvalue weighted by atomic mass is 9.82. The molecule has 1 amide bonds. The van der Waals surface area contributed by atoms with E-state index in [4.69, 9.17) is 15.2 Å². The average molecular weight is 464 g/mol. The van der Waals surface area contributed by atoms with Gasteiger partial charge in [0.25, 0.3) is 5.91 Å². The first kappa shape index (κ1) is 21.9. The summed E-state index contributed by atoms with van der Waals surface area (Å²) in [5.74, 6) is -1.26. The van der Waals surface area contributed by atoms with Gasteiger partial charge in [-0.15, -0.1) is 0 Å². The predicted molar refractivity (Wildman–Crippen MR) is 112 cm³/mol. The van der Waals surface area contributed by atoms with Gasteiger partial charge in [-0.3, -0.25) is 4.79 Å². The summed E-state index contributed by atoms with van der Waals surface area (Å²) >= 11 is 0. The van der Waals surface area contributed by atoms with Crippen LogP contribution in [0.5, 0.6) is 5.88 Å². The number of hydrogen-bond acceptors (Lipinski definition) is 9. The minimum absolute atomic E-state index is 0.00374. The number of anilines is 1. The second-order valence-electron chi connectivity index (χ2n) is 7.31. The Morgan fingerprint density at radius 2 is 2.16 bits per heavy atom. The lowest BCUT2D eigenvalue weighted by molar-refractivity contribution is 0.0521. The average Bonchev–Trinajstić information content (AvgIpc) is 2.79. The highest BCUT2D eigenvalue weighted by atomic mass is 32.2. The number of amides is 1. The van der Waals surface area contributed by atoms with Crippen LogP contribution >= 0.6 is 0 Å². The van der Waals surface area contributed by atoms with Crippen molar-refractivity contribution in [2.75, 3.05) is 32.7 Å². The van der Waals surface area contributed by atoms with Crippen molar-refractivity contribution in [3.8, 4) is 5.88 Å². The Labute approximate surface area is 183 Å². The van der Waals surface area contributed by atoms with E-state index in [-0.39, 0.29) is 48.4 Å². The second kappa shape index (κ2) is 7.98. The van der Waals surface area contributed by atoms with E-state index in [9.17, 15) is 13.2 Å². The van der Waals surface area contributed by atoms with Gasteiger partial charge in [-0.25, -0.2) is 32.1 Å². The molecule has 3 N–H and O–H groups in total. The van der Waals surface area contributed by atoms with Crippen molar-refractivity contribution in [3.05, 3.63) is 47.7 Å². The lowest BCUT2D eigenvalue weighted by Crippen LogP contribution is -2.61. The molecule has 1 aromatic heterocycles. The number of hydrogen-bond donors (Lipinski definition) is 2. The molecular formula is C19H21FN6O5S. The molecule has 11 nitrogen and oxygen atoms in total. The number of benzene rings is 1. The van der Waals surface area contributed by atoms with Gasteiger partial charge in [0.1, 0.15) is 22.3 Å². The number of fused-ring (bicyclic) bond motifs is 1. The molecule has 0 aliphatic carbocycles. The van der Waals surface area contributed by atoms with Gasteiger partial charge >= 0.3 is 0 Å². The summed E-state index contributed by atoms with van der Waals surface area (Å²) in [5, 5.41) is 1.44. The molecule has 170 valence electrons. The Bertz CT molecular complexity index is 1190. The smallest absolute Gasteiger partial charge is 0.275 e. The molecule has 32 heavy (non-hydrogen) atoms. The van der Waals surface area contributed by atoms with Gasteiger partial charge in [0.2, 0.25) is 21.9 Å². The van der Waals surface area contributed by atoms with E-state index in [1.54, 1.807) is 0 Å². The Morgan fingerprint density at radius 3 is 2.84 bits per heavy atom. The second-order valence-corrected chi connectivity index (χ2v) is 9.46. The number of nitrogens with one attached hydrogen (secondary N) is 1. The largest absolute Gasteiger partial charge is 0.480 e. The summed E-state index contributed by atoms with van der Waals surface area (Å²) in [6.07, 6.45) is 2.63. The first-order valence-electron chi connectivity index (χ1n) is 9.57. The van der Waals surface area contributed by atoms with E-state index < -0.39 is 32.5 Å². The van der Waals surface area contributed by atoms with Crippen LogP contribution in [0.3, 0.4) is 0 Å². The molecule has 2 aliphatic heterocycles. The number of guanidine groups is 1. The third-order valence-electron chi connectivity index (χ3n) is 5.57. The van der Waals surface area contributed by atoms with Crippen LogP contribution in [-0.2, 0) is 20.3 Å². The van der Waals surface area contributed by atoms with E-state index in [1.165, 1.54) is 38.7 Å². The summed E-state index contributed by atoms with van der Waals surface area (Å²) in [6.45, 7) is 0.00486. The highest BCUT2D eigenvalue weighted by Crippen LogP contribution is 2.44. The van der Waals surface area contributed by atoms with Gasteiger partial charge in [0, 0.05) is 31.3 Å². The van der Waals surface area contributed by atoms with Crippen molar-refractivity contribution in [2.24, 2.45) is 10.7 Å². The molecule has 4 rings (SSSR count). The Balaban J connectivity index is 1.74. The van der Waals surface area contributed by atoms with E-state index in [0.29, 0.717) is 0 Å². The minimum Gasteiger partial charge on any atom is -0.480 e. The zero-order valence-electron chi connectivity index (χ0n) is 17.3. The fraction of sp³-hybridized carbons (Fsp3) is 0.368. The number of nitrogens with two attached hydrogens (primary N) is 1. The third-order valence-corrected chi connectivity index (χ3v) is 7.76. The molecule has 1 fully saturated rings. The number of nitrogens with zero attached hydrogens (tertiary/aromatic N) is 4. The molecular weight excluding hydrogens is 443 g/mol. The monoisotopic (exact) mass is 464 g/mol. The quantitative estimate of drug-likeness (QED) is 0.662. The van der Waals surface area contributed by atoms with Crippen LogP contribution in [0.25, 0.3) is 0 Å². The molecule has 13 heteroatoms. The van der Waals surface area contributed by atoms with Crippen LogP contribution in [0.2, 0.25) is 0 Å². The van der Waals surface area contributed by atoms with Gasteiger partial charge in [0.05, 0.1) is 26.1 Å². The summed E-state index contributed by atoms with van der Waals surface area (Å²) in [7, 11) is -1.24. The number of halogens is 1. The van der Waals surface area contributed by atoms with Crippen molar-refractivity contribution in [2.45, 2.75) is 17.2 Å². The van der Waals surface area contributed by atoms with Gasteiger partial charge in [-0.2, -0.15) is 0 Å². The van der Waals surface area contributed by atoms with Crippen molar-refractivity contribution < 1.29 is 27.1 Å². The molecule has 2 aliphatic rings. The van der Waals surface area contributed by atoms with Crippen molar-refractivity contribution >= 4 is 27.6 Å². The topological polar surface area (TPSA) is 149 Å². The van der Waals surface area contributed by atoms with Crippen molar-refractivity contribution in [3.63, 3.8) is 0 Å². The zero-order valence-corrected chi connectivity index (χ0v) is 18.1. The molecule has 3 heterocycles. The molecule has 0 radical (unpaired) electrons. The number of rotatable bonds is 4. The number of aromatic nitrogens is 2. The maximum absolute atomic E-state index is 15.0. The Kier molecular flexibility index (Phi) is 5.46. The van der Waals surface area contributed by atoms with Gasteiger partial charge < -0.3 is 20.5 Å². The summed E-state index contributed by atoms with van der Waals surface area (Å²) < 4.78 is 52.2. The number of ether oxygens (including phenoxy) is 2. The lowest BCUT2D eigenvalue weighted by Gasteiger charge is -2.45. The fourth-order valence-electron chi connectivity index (χ4n) is 3.81. The van der Waals surface area contributed by atoms with Crippen LogP contribution in [0, 0.1) is 5.82 Å². The fourth-order valence-corrected chi connectivity index (χ4v) is 5.55. The molecule has 2 atom stereocenters. The van der Waals surface area contributed by atoms with Crippen LogP contribution < -0.4 is 15.8 Å². The SMILES string of the molecule is COc1cnc(C(=O)Nc2ccc(F)c([C@]34CCOCC3S(=O)(=O)N(C)C(N)=N4)c2)cn1. The summed E-state index contributed by atoms with van der Waals surface area (Å²) in [6, 6.07) is 3.86. The molecule has 0 saturated carbocycles. The van der Waals surface area contributed by atoms with Gasteiger partial charge in [0.15, 0.2) is 0 Å². The molecule has 0 bridgehead atoms. The molecule has 1 aromatic carbocycles. The Morgan fingerprint density at radius 1 is 1.38 bits per heavy atom. The minimum atomic E-state index is -3.95. The van der Waals surface area contributed by atoms with E-state index in [2.05, 4.69) is 20.3 Å². The van der Waals surface area contributed by atoms with Gasteiger partial charge in [-0.05, 0) is 18.2 Å². The Hall–Kier alpha value is -3.32. The number of carbonyl (C=O) groups excluding carboxylic acids is 1. The molecule has 1 saturated heterocycles. The maximum atomic E-state index is 15.0. The van der Waals surface area contributed by atoms with Crippen LogP contribution in [0.1, 0.15) is 22.5 Å². The number of aliphatic imine (C=N–C) groups is 1. The number of sulfonamides is 1. The summed E-state index contributed by atoms with van der Waals surface area (Å²) in [5.41, 5.74) is 4.65. The van der Waals surface area contributed by atoms with Crippen LogP contribution in [0.15, 0.2) is 35.6 Å². The van der Waals surface area contributed by atoms with E-state index in [1.807, 2.05) is 0 Å². The van der Waals surface area contributed by atoms with Crippen LogP contribution in [-0.4, -0.2) is 67.2 Å². The van der Waals surface area contributed by atoms with E-state index >= 15 is 4.39 Å². The first-order chi connectivity index (χ1) is 15.2. The number of carbonyl (C=O) groups is 1. The third kappa shape index (κ3) is 3.52. The molecule has 1 unspecified atom stereocenters. The highest BCUT2D eigenvalue weighted by molar-refractivity contribution is 7.90. The maximum Gasteiger partial charge on any atom is 0.275 e. The van der Waals surface area contributed by atoms with Crippen molar-refractivity contribution in [1.82, 2.24) is 14.3 Å². The summed E-state index contributed by atoms with van der Waals surface area (Å²) in [4.78, 5) is 24.9. The van der Waals surface area contributed by atoms with E-state index in [0.717, 1.165) is 10.4 Å². The highest BCUT2D eigenvalue weighted by Gasteiger charge is 2.55. The molecule has 0 spiro atoms. The first-order valence-corrected chi connectivity index (χ1v) is 11.1. The molecule has 2 aromatic rings. The standard InChI is InChI=1S/C19H21FN6O5S/c1-26-18(21)25-19(5-6-31-10-15(19)32(26,28)29)12-7-11(3-4-13(12)20)24-17(27)14-8-23-16(30-2)9-22-14/h3-4,7-9,15H,5-6,10H2,1-2H3,(H2,21,25)(H,24,27)/t15?,19-/m1/s1. The normalized spacial score (nSPS) is 24.3. The van der Waals surface area contributed by atoms with Gasteiger partial charge in [-0.1, -0.05) is 0 Å². The number of methoxy groups -OCH3 is 1. The zero-order chi connectivity index (χ0) is 23.1. The van der Waals surface area contributed by atoms with Crippen LogP contribution in [0.4, 0.5) is 10.1 Å².